The highest BCUT2D eigenvalue weighted by molar-refractivity contribution is 4.96. The normalized spacial score (nSPS) is 28.7. The lowest BCUT2D eigenvalue weighted by atomic mass is 10.1. The van der Waals surface area contributed by atoms with E-state index in [1.165, 1.54) is 12.8 Å². The monoisotopic (exact) mass is 263 g/mol. The first-order valence-electron chi connectivity index (χ1n) is 7.62. The van der Waals surface area contributed by atoms with Crippen molar-refractivity contribution in [3.05, 3.63) is 12.2 Å². The van der Waals surface area contributed by atoms with E-state index in [9.17, 15) is 0 Å². The second-order valence-corrected chi connectivity index (χ2v) is 6.04. The van der Waals surface area contributed by atoms with Gasteiger partial charge in [-0.3, -0.25) is 4.90 Å². The molecular weight excluding hydrogens is 238 g/mol. The molecule has 0 bridgehead atoms. The number of piperazine rings is 1. The lowest BCUT2D eigenvalue weighted by Gasteiger charge is -2.39. The Morgan fingerprint density at radius 1 is 1.42 bits per heavy atom. The van der Waals surface area contributed by atoms with Crippen molar-refractivity contribution in [2.24, 2.45) is 5.92 Å². The summed E-state index contributed by atoms with van der Waals surface area (Å²) in [7, 11) is 0. The number of nitrogens with one attached hydrogen (secondary N) is 1. The summed E-state index contributed by atoms with van der Waals surface area (Å²) in [4.78, 5) is 7.08. The van der Waals surface area contributed by atoms with Crippen molar-refractivity contribution in [3.63, 3.8) is 0 Å². The molecule has 1 aromatic rings. The molecule has 0 aromatic carbocycles. The first kappa shape index (κ1) is 13.1. The van der Waals surface area contributed by atoms with Crippen LogP contribution >= 0.6 is 0 Å². The van der Waals surface area contributed by atoms with Crippen molar-refractivity contribution >= 4 is 0 Å². The van der Waals surface area contributed by atoms with E-state index in [0.717, 1.165) is 44.3 Å². The fraction of sp³-hybridized carbons (Fsp3) is 0.857. The molecule has 2 aliphatic rings. The molecule has 2 atom stereocenters. The van der Waals surface area contributed by atoms with Gasteiger partial charge in [0.15, 0.2) is 0 Å². The van der Waals surface area contributed by atoms with Gasteiger partial charge in [-0.1, -0.05) is 6.92 Å². The number of hydrogen-bond donors (Lipinski definition) is 1. The van der Waals surface area contributed by atoms with Gasteiger partial charge in [0, 0.05) is 31.7 Å². The molecule has 1 aliphatic heterocycles. The van der Waals surface area contributed by atoms with Crippen LogP contribution in [0.25, 0.3) is 0 Å². The average Bonchev–Trinajstić information content (AvgIpc) is 3.14. The lowest BCUT2D eigenvalue weighted by molar-refractivity contribution is 0.107. The molecule has 3 rings (SSSR count). The fourth-order valence-corrected chi connectivity index (χ4v) is 3.12. The molecule has 106 valence electrons. The van der Waals surface area contributed by atoms with Crippen molar-refractivity contribution < 1.29 is 0 Å². The van der Waals surface area contributed by atoms with Gasteiger partial charge in [0.05, 0.1) is 6.54 Å². The number of rotatable bonds is 5. The van der Waals surface area contributed by atoms with Gasteiger partial charge in [-0.2, -0.15) is 5.10 Å². The SMILES string of the molecule is CCCn1ncnc1CN1CC(C)NCC1C1CC1. The maximum absolute atomic E-state index is 4.46. The molecule has 0 radical (unpaired) electrons. The maximum Gasteiger partial charge on any atom is 0.141 e. The second kappa shape index (κ2) is 5.59. The zero-order valence-electron chi connectivity index (χ0n) is 12.0. The molecule has 5 heteroatoms. The third kappa shape index (κ3) is 2.98. The fourth-order valence-electron chi connectivity index (χ4n) is 3.12. The van der Waals surface area contributed by atoms with E-state index >= 15 is 0 Å². The Bertz CT molecular complexity index is 412. The Morgan fingerprint density at radius 2 is 2.26 bits per heavy atom. The van der Waals surface area contributed by atoms with Crippen molar-refractivity contribution in [1.29, 1.82) is 0 Å². The zero-order chi connectivity index (χ0) is 13.2. The third-order valence-electron chi connectivity index (χ3n) is 4.29. The first-order valence-corrected chi connectivity index (χ1v) is 7.62. The predicted molar refractivity (Wildman–Crippen MR) is 74.7 cm³/mol. The predicted octanol–water partition coefficient (Wildman–Crippen LogP) is 1.26. The Balaban J connectivity index is 1.69. The Hall–Kier alpha value is -0.940. The van der Waals surface area contributed by atoms with Crippen molar-refractivity contribution in [1.82, 2.24) is 25.0 Å². The molecule has 0 amide bonds. The Labute approximate surface area is 115 Å². The van der Waals surface area contributed by atoms with Crippen LogP contribution in [-0.4, -0.2) is 44.8 Å². The van der Waals surface area contributed by atoms with Crippen LogP contribution in [0.5, 0.6) is 0 Å². The molecule has 1 saturated carbocycles. The quantitative estimate of drug-likeness (QED) is 0.869. The lowest BCUT2D eigenvalue weighted by Crippen LogP contribution is -2.56. The van der Waals surface area contributed by atoms with E-state index in [1.807, 2.05) is 0 Å². The smallest absolute Gasteiger partial charge is 0.141 e. The molecule has 1 saturated heterocycles. The highest BCUT2D eigenvalue weighted by Gasteiger charge is 2.38. The van der Waals surface area contributed by atoms with Crippen LogP contribution in [0.2, 0.25) is 0 Å². The molecular formula is C14H25N5. The summed E-state index contributed by atoms with van der Waals surface area (Å²) in [5.74, 6) is 2.03. The Kier molecular flexibility index (Phi) is 3.84. The highest BCUT2D eigenvalue weighted by Crippen LogP contribution is 2.36. The van der Waals surface area contributed by atoms with Crippen LogP contribution < -0.4 is 5.32 Å². The number of hydrogen-bond acceptors (Lipinski definition) is 4. The van der Waals surface area contributed by atoms with Gasteiger partial charge in [0.25, 0.3) is 0 Å². The van der Waals surface area contributed by atoms with Gasteiger partial charge in [-0.15, -0.1) is 0 Å². The van der Waals surface area contributed by atoms with Gasteiger partial charge in [-0.25, -0.2) is 9.67 Å². The summed E-state index contributed by atoms with van der Waals surface area (Å²) in [5.41, 5.74) is 0. The zero-order valence-corrected chi connectivity index (χ0v) is 12.0. The van der Waals surface area contributed by atoms with Crippen LogP contribution in [0, 0.1) is 5.92 Å². The summed E-state index contributed by atoms with van der Waals surface area (Å²) in [6.07, 6.45) is 5.61. The minimum absolute atomic E-state index is 0.581. The summed E-state index contributed by atoms with van der Waals surface area (Å²) in [6.45, 7) is 8.64. The maximum atomic E-state index is 4.46. The number of nitrogens with zero attached hydrogens (tertiary/aromatic N) is 4. The summed E-state index contributed by atoms with van der Waals surface area (Å²) in [6, 6.07) is 1.28. The van der Waals surface area contributed by atoms with Crippen molar-refractivity contribution in [2.75, 3.05) is 13.1 Å². The van der Waals surface area contributed by atoms with E-state index in [1.54, 1.807) is 6.33 Å². The van der Waals surface area contributed by atoms with Gasteiger partial charge in [0.2, 0.25) is 0 Å². The van der Waals surface area contributed by atoms with E-state index in [0.29, 0.717) is 12.1 Å². The minimum atomic E-state index is 0.581. The molecule has 2 fully saturated rings. The topological polar surface area (TPSA) is 46.0 Å². The molecule has 5 nitrogen and oxygen atoms in total. The van der Waals surface area contributed by atoms with Crippen LogP contribution in [-0.2, 0) is 13.1 Å². The van der Waals surface area contributed by atoms with Crippen LogP contribution in [0.1, 0.15) is 38.9 Å². The third-order valence-corrected chi connectivity index (χ3v) is 4.29. The Morgan fingerprint density at radius 3 is 3.00 bits per heavy atom. The van der Waals surface area contributed by atoms with E-state index in [-0.39, 0.29) is 0 Å². The summed E-state index contributed by atoms with van der Waals surface area (Å²) >= 11 is 0. The molecule has 1 aromatic heterocycles. The van der Waals surface area contributed by atoms with Crippen molar-refractivity contribution in [3.8, 4) is 0 Å². The van der Waals surface area contributed by atoms with Gasteiger partial charge < -0.3 is 5.32 Å². The highest BCUT2D eigenvalue weighted by atomic mass is 15.4. The average molecular weight is 263 g/mol. The first-order chi connectivity index (χ1) is 9.28. The minimum Gasteiger partial charge on any atom is -0.311 e. The van der Waals surface area contributed by atoms with Gasteiger partial charge in [-0.05, 0) is 32.1 Å². The van der Waals surface area contributed by atoms with Crippen LogP contribution in [0.3, 0.4) is 0 Å². The summed E-state index contributed by atoms with van der Waals surface area (Å²) in [5, 5.41) is 7.96. The van der Waals surface area contributed by atoms with Crippen LogP contribution in [0.4, 0.5) is 0 Å². The molecule has 2 unspecified atom stereocenters. The molecule has 0 spiro atoms. The molecule has 1 aliphatic carbocycles. The molecule has 2 heterocycles. The van der Waals surface area contributed by atoms with E-state index < -0.39 is 0 Å². The summed E-state index contributed by atoms with van der Waals surface area (Å²) < 4.78 is 2.07. The largest absolute Gasteiger partial charge is 0.311 e. The number of aryl methyl sites for hydroxylation is 1. The van der Waals surface area contributed by atoms with Crippen molar-refractivity contribution in [2.45, 2.75) is 58.3 Å². The van der Waals surface area contributed by atoms with Gasteiger partial charge >= 0.3 is 0 Å². The van der Waals surface area contributed by atoms with Gasteiger partial charge in [0.1, 0.15) is 12.2 Å². The van der Waals surface area contributed by atoms with E-state index in [2.05, 4.69) is 38.8 Å². The van der Waals surface area contributed by atoms with Crippen LogP contribution in [0.15, 0.2) is 6.33 Å². The number of aromatic nitrogens is 3. The molecule has 1 N–H and O–H groups in total. The second-order valence-electron chi connectivity index (χ2n) is 6.04. The standard InChI is InChI=1S/C14H25N5/c1-3-6-19-14(16-10-17-19)9-18-8-11(2)15-7-13(18)12-4-5-12/h10-13,15H,3-9H2,1-2H3. The molecule has 19 heavy (non-hydrogen) atoms. The van der Waals surface area contributed by atoms with E-state index in [4.69, 9.17) is 0 Å².